The molecule has 0 aliphatic heterocycles. The molecule has 0 amide bonds. The Kier molecular flexibility index (Phi) is 6.54. The fraction of sp³-hybridized carbons (Fsp3) is 0.286. The van der Waals surface area contributed by atoms with Crippen molar-refractivity contribution in [2.24, 2.45) is 0 Å². The van der Waals surface area contributed by atoms with E-state index >= 15 is 0 Å². The average Bonchev–Trinajstić information content (AvgIpc) is 3.23. The zero-order valence-corrected chi connectivity index (χ0v) is 17.3. The Morgan fingerprint density at radius 1 is 1.21 bits per heavy atom. The third-order valence-corrected chi connectivity index (χ3v) is 6.22. The van der Waals surface area contributed by atoms with E-state index in [-0.39, 0.29) is 12.1 Å². The van der Waals surface area contributed by atoms with Crippen LogP contribution >= 0.6 is 22.9 Å². The molecular weight excluding hydrogens is 399 g/mol. The van der Waals surface area contributed by atoms with Gasteiger partial charge in [0.05, 0.1) is 12.1 Å². The summed E-state index contributed by atoms with van der Waals surface area (Å²) in [4.78, 5) is 13.2. The number of nitrogens with one attached hydrogen (secondary N) is 1. The van der Waals surface area contributed by atoms with Gasteiger partial charge in [0, 0.05) is 45.5 Å². The fourth-order valence-corrected chi connectivity index (χ4v) is 4.34. The monoisotopic (exact) mass is 420 g/mol. The number of hydrogen-bond acceptors (Lipinski definition) is 3. The molecule has 0 aliphatic rings. The zero-order chi connectivity index (χ0) is 20.3. The van der Waals surface area contributed by atoms with Crippen LogP contribution in [0.15, 0.2) is 35.7 Å². The number of rotatable bonds is 8. The molecule has 2 N–H and O–H groups in total. The highest BCUT2D eigenvalue weighted by molar-refractivity contribution is 7.09. The number of halogens is 2. The lowest BCUT2D eigenvalue weighted by atomic mass is 10.1. The van der Waals surface area contributed by atoms with E-state index in [0.29, 0.717) is 22.8 Å². The lowest BCUT2D eigenvalue weighted by Gasteiger charge is -2.12. The van der Waals surface area contributed by atoms with Crippen LogP contribution in [0.25, 0.3) is 0 Å². The summed E-state index contributed by atoms with van der Waals surface area (Å²) in [5.74, 6) is -1.37. The van der Waals surface area contributed by atoms with Crippen LogP contribution in [0, 0.1) is 19.7 Å². The lowest BCUT2D eigenvalue weighted by molar-refractivity contribution is 0.0694. The Balaban J connectivity index is 1.83. The van der Waals surface area contributed by atoms with Crippen molar-refractivity contribution in [1.82, 2.24) is 9.88 Å². The van der Waals surface area contributed by atoms with E-state index in [1.807, 2.05) is 22.9 Å². The molecule has 3 rings (SSSR count). The molecule has 0 atom stereocenters. The van der Waals surface area contributed by atoms with E-state index in [9.17, 15) is 14.3 Å². The van der Waals surface area contributed by atoms with E-state index in [1.165, 1.54) is 10.9 Å². The van der Waals surface area contributed by atoms with Crippen molar-refractivity contribution < 1.29 is 14.3 Å². The molecule has 0 spiro atoms. The average molecular weight is 421 g/mol. The van der Waals surface area contributed by atoms with Crippen molar-refractivity contribution in [2.75, 3.05) is 6.54 Å². The van der Waals surface area contributed by atoms with Gasteiger partial charge in [-0.25, -0.2) is 9.18 Å². The van der Waals surface area contributed by atoms with Crippen LogP contribution < -0.4 is 5.32 Å². The molecule has 148 valence electrons. The minimum Gasteiger partial charge on any atom is -0.478 e. The highest BCUT2D eigenvalue weighted by Gasteiger charge is 2.23. The normalized spacial score (nSPS) is 11.1. The Morgan fingerprint density at radius 2 is 2.00 bits per heavy atom. The van der Waals surface area contributed by atoms with E-state index in [4.69, 9.17) is 11.6 Å². The van der Waals surface area contributed by atoms with Gasteiger partial charge < -0.3 is 15.0 Å². The summed E-state index contributed by atoms with van der Waals surface area (Å²) in [7, 11) is 0. The maximum Gasteiger partial charge on any atom is 0.337 e. The van der Waals surface area contributed by atoms with Crippen LogP contribution in [0.2, 0.25) is 5.02 Å². The van der Waals surface area contributed by atoms with Crippen LogP contribution in [0.4, 0.5) is 4.39 Å². The first-order valence-corrected chi connectivity index (χ1v) is 10.2. The SMILES string of the molecule is Cc1c(CNCCc2cccs2)c(C(=O)O)c(C)n1Cc1c(F)cccc1Cl. The van der Waals surface area contributed by atoms with Crippen LogP contribution in [-0.2, 0) is 19.5 Å². The van der Waals surface area contributed by atoms with Crippen molar-refractivity contribution >= 4 is 28.9 Å². The zero-order valence-electron chi connectivity index (χ0n) is 15.8. The number of carboxylic acids is 1. The number of hydrogen-bond donors (Lipinski definition) is 2. The first-order chi connectivity index (χ1) is 13.4. The molecule has 28 heavy (non-hydrogen) atoms. The molecule has 0 unspecified atom stereocenters. The number of carbonyl (C=O) groups is 1. The minimum atomic E-state index is -0.978. The van der Waals surface area contributed by atoms with E-state index in [1.54, 1.807) is 30.4 Å². The van der Waals surface area contributed by atoms with Crippen molar-refractivity contribution in [1.29, 1.82) is 0 Å². The number of benzene rings is 1. The van der Waals surface area contributed by atoms with Gasteiger partial charge in [-0.3, -0.25) is 0 Å². The Bertz CT molecular complexity index is 963. The molecule has 2 aromatic heterocycles. The first-order valence-electron chi connectivity index (χ1n) is 8.98. The summed E-state index contributed by atoms with van der Waals surface area (Å²) in [5, 5.41) is 15.4. The topological polar surface area (TPSA) is 54.3 Å². The van der Waals surface area contributed by atoms with Crippen LogP contribution in [0.1, 0.15) is 37.7 Å². The Morgan fingerprint density at radius 3 is 2.64 bits per heavy atom. The van der Waals surface area contributed by atoms with Crippen molar-refractivity contribution in [3.05, 3.63) is 79.5 Å². The summed E-state index contributed by atoms with van der Waals surface area (Å²) in [5.41, 5.74) is 2.76. The second kappa shape index (κ2) is 8.90. The molecule has 0 saturated carbocycles. The van der Waals surface area contributed by atoms with Gasteiger partial charge in [0.1, 0.15) is 5.82 Å². The van der Waals surface area contributed by atoms with Crippen molar-refractivity contribution in [3.8, 4) is 0 Å². The smallest absolute Gasteiger partial charge is 0.337 e. The second-order valence-corrected chi connectivity index (χ2v) is 8.06. The number of aromatic carboxylic acids is 1. The first kappa shape index (κ1) is 20.6. The van der Waals surface area contributed by atoms with Crippen molar-refractivity contribution in [2.45, 2.75) is 33.4 Å². The molecule has 0 bridgehead atoms. The standard InChI is InChI=1S/C21H22ClFN2O2S/c1-13-16(11-24-9-8-15-5-4-10-28-15)20(21(26)27)14(2)25(13)12-17-18(22)6-3-7-19(17)23/h3-7,10,24H,8-9,11-12H2,1-2H3,(H,26,27). The number of thiophene rings is 1. The van der Waals surface area contributed by atoms with Gasteiger partial charge in [-0.05, 0) is 43.8 Å². The number of nitrogens with zero attached hydrogens (tertiary/aromatic N) is 1. The van der Waals surface area contributed by atoms with E-state index < -0.39 is 11.8 Å². The summed E-state index contributed by atoms with van der Waals surface area (Å²) in [6, 6.07) is 8.66. The second-order valence-electron chi connectivity index (χ2n) is 6.62. The van der Waals surface area contributed by atoms with Gasteiger partial charge in [0.25, 0.3) is 0 Å². The van der Waals surface area contributed by atoms with Gasteiger partial charge in [-0.2, -0.15) is 0 Å². The van der Waals surface area contributed by atoms with Gasteiger partial charge in [0.2, 0.25) is 0 Å². The summed E-state index contributed by atoms with van der Waals surface area (Å²) in [6.45, 7) is 5.00. The quantitative estimate of drug-likeness (QED) is 0.502. The van der Waals surface area contributed by atoms with Crippen molar-refractivity contribution in [3.63, 3.8) is 0 Å². The Labute approximate surface area is 172 Å². The summed E-state index contributed by atoms with van der Waals surface area (Å²) in [6.07, 6.45) is 0.893. The maximum atomic E-state index is 14.2. The third-order valence-electron chi connectivity index (χ3n) is 4.93. The minimum absolute atomic E-state index is 0.193. The molecule has 0 aliphatic carbocycles. The predicted octanol–water partition coefficient (Wildman–Crippen LogP) is 5.04. The van der Waals surface area contributed by atoms with Crippen LogP contribution in [0.5, 0.6) is 0 Å². The summed E-state index contributed by atoms with van der Waals surface area (Å²) >= 11 is 7.87. The van der Waals surface area contributed by atoms with Crippen LogP contribution in [-0.4, -0.2) is 22.2 Å². The van der Waals surface area contributed by atoms with Crippen LogP contribution in [0.3, 0.4) is 0 Å². The molecule has 0 fully saturated rings. The molecule has 7 heteroatoms. The molecule has 4 nitrogen and oxygen atoms in total. The predicted molar refractivity (Wildman–Crippen MR) is 111 cm³/mol. The third kappa shape index (κ3) is 4.29. The molecule has 1 aromatic carbocycles. The molecule has 3 aromatic rings. The fourth-order valence-electron chi connectivity index (χ4n) is 3.41. The van der Waals surface area contributed by atoms with Gasteiger partial charge >= 0.3 is 5.97 Å². The summed E-state index contributed by atoms with van der Waals surface area (Å²) < 4.78 is 16.0. The highest BCUT2D eigenvalue weighted by Crippen LogP contribution is 2.27. The Hall–Kier alpha value is -2.15. The highest BCUT2D eigenvalue weighted by atomic mass is 35.5. The number of aromatic nitrogens is 1. The van der Waals surface area contributed by atoms with Gasteiger partial charge in [0.15, 0.2) is 0 Å². The lowest BCUT2D eigenvalue weighted by Crippen LogP contribution is -2.18. The van der Waals surface area contributed by atoms with E-state index in [0.717, 1.165) is 24.2 Å². The van der Waals surface area contributed by atoms with Gasteiger partial charge in [-0.15, -0.1) is 11.3 Å². The largest absolute Gasteiger partial charge is 0.478 e. The number of carboxylic acid groups (broad SMARTS) is 1. The molecule has 0 saturated heterocycles. The molecule has 0 radical (unpaired) electrons. The van der Waals surface area contributed by atoms with E-state index in [2.05, 4.69) is 11.4 Å². The maximum absolute atomic E-state index is 14.2. The molecule has 2 heterocycles. The van der Waals surface area contributed by atoms with Gasteiger partial charge in [-0.1, -0.05) is 23.7 Å². The molecular formula is C21H22ClFN2O2S.